The van der Waals surface area contributed by atoms with Gasteiger partial charge in [-0.2, -0.15) is 0 Å². The van der Waals surface area contributed by atoms with Gasteiger partial charge in [0, 0.05) is 10.9 Å². The minimum absolute atomic E-state index is 0.0522. The second-order valence-corrected chi connectivity index (χ2v) is 19.4. The van der Waals surface area contributed by atoms with Gasteiger partial charge >= 0.3 is 6.03 Å². The highest BCUT2D eigenvalue weighted by Gasteiger charge is 2.38. The Hall–Kier alpha value is -0.840. The maximum Gasteiger partial charge on any atom is 0.333 e. The average Bonchev–Trinajstić information content (AvgIpc) is 2.55. The Morgan fingerprint density at radius 3 is 2.17 bits per heavy atom. The standard InChI is InChI=1S/C20H26Br3N3O3S/c1-18(2,3)12-19(4,5)24-17(27)26-25-16-11-14(30(28,29)20(21,22)23)10-13-8-6-7-9-15(13)16/h6-11,25H,12H2,1-5H3,(H2,24,26,27). The summed E-state index contributed by atoms with van der Waals surface area (Å²) in [6.45, 7) is 10.3. The normalized spacial score (nSPS) is 13.2. The van der Waals surface area contributed by atoms with Crippen LogP contribution in [0.15, 0.2) is 41.3 Å². The number of benzene rings is 2. The van der Waals surface area contributed by atoms with Gasteiger partial charge in [-0.05, 0) is 91.0 Å². The van der Waals surface area contributed by atoms with Gasteiger partial charge in [0.2, 0.25) is 11.3 Å². The molecule has 0 saturated carbocycles. The van der Waals surface area contributed by atoms with E-state index in [1.54, 1.807) is 6.07 Å². The van der Waals surface area contributed by atoms with Crippen LogP contribution in [0.4, 0.5) is 10.5 Å². The van der Waals surface area contributed by atoms with E-state index in [0.717, 1.165) is 11.8 Å². The lowest BCUT2D eigenvalue weighted by Gasteiger charge is -2.33. The number of nitrogens with one attached hydrogen (secondary N) is 3. The van der Waals surface area contributed by atoms with Crippen molar-refractivity contribution in [1.29, 1.82) is 0 Å². The number of amides is 2. The topological polar surface area (TPSA) is 87.3 Å². The maximum absolute atomic E-state index is 12.8. The Kier molecular flexibility index (Phi) is 7.59. The van der Waals surface area contributed by atoms with E-state index >= 15 is 0 Å². The summed E-state index contributed by atoms with van der Waals surface area (Å²) in [5.41, 5.74) is 5.58. The van der Waals surface area contributed by atoms with E-state index in [4.69, 9.17) is 0 Å². The number of fused-ring (bicyclic) bond motifs is 1. The Labute approximate surface area is 203 Å². The molecule has 0 fully saturated rings. The molecule has 0 aliphatic rings. The summed E-state index contributed by atoms with van der Waals surface area (Å²) in [4.78, 5) is 12.5. The Morgan fingerprint density at radius 1 is 1.00 bits per heavy atom. The molecule has 0 aliphatic carbocycles. The molecule has 0 saturated heterocycles. The van der Waals surface area contributed by atoms with Crippen LogP contribution in [0.3, 0.4) is 0 Å². The molecule has 166 valence electrons. The molecule has 0 heterocycles. The average molecular weight is 628 g/mol. The van der Waals surface area contributed by atoms with Gasteiger partial charge in [-0.15, -0.1) is 0 Å². The summed E-state index contributed by atoms with van der Waals surface area (Å²) < 4.78 is 24.2. The monoisotopic (exact) mass is 625 g/mol. The molecule has 0 spiro atoms. The van der Waals surface area contributed by atoms with Crippen LogP contribution in [0.1, 0.15) is 41.0 Å². The van der Waals surface area contributed by atoms with Crippen molar-refractivity contribution in [3.8, 4) is 0 Å². The molecule has 2 aromatic carbocycles. The summed E-state index contributed by atoms with van der Waals surface area (Å²) in [7, 11) is -3.80. The first-order valence-electron chi connectivity index (χ1n) is 9.20. The fourth-order valence-corrected chi connectivity index (χ4v) is 6.01. The zero-order valence-electron chi connectivity index (χ0n) is 17.4. The molecule has 3 N–H and O–H groups in total. The maximum atomic E-state index is 12.8. The van der Waals surface area contributed by atoms with Gasteiger partial charge in [0.1, 0.15) is 0 Å². The molecule has 0 unspecified atom stereocenters. The Balaban J connectivity index is 2.30. The molecule has 2 amide bonds. The molecule has 0 aliphatic heterocycles. The lowest BCUT2D eigenvalue weighted by atomic mass is 9.82. The number of urea groups is 1. The summed E-state index contributed by atoms with van der Waals surface area (Å²) in [6, 6.07) is 9.99. The minimum atomic E-state index is -3.80. The number of halogens is 3. The number of hydrogen-bond donors (Lipinski definition) is 3. The van der Waals surface area contributed by atoms with Crippen molar-refractivity contribution in [3.63, 3.8) is 0 Å². The number of sulfone groups is 1. The van der Waals surface area contributed by atoms with E-state index < -0.39 is 22.9 Å². The largest absolute Gasteiger partial charge is 0.333 e. The van der Waals surface area contributed by atoms with E-state index in [-0.39, 0.29) is 10.3 Å². The van der Waals surface area contributed by atoms with Crippen LogP contribution in [0.5, 0.6) is 0 Å². The van der Waals surface area contributed by atoms with Crippen LogP contribution in [-0.2, 0) is 9.84 Å². The summed E-state index contributed by atoms with van der Waals surface area (Å²) in [5.74, 6) is 0. The highest BCUT2D eigenvalue weighted by atomic mass is 80.0. The second kappa shape index (κ2) is 8.96. The van der Waals surface area contributed by atoms with Crippen LogP contribution < -0.4 is 16.2 Å². The van der Waals surface area contributed by atoms with E-state index in [0.29, 0.717) is 11.1 Å². The van der Waals surface area contributed by atoms with Crippen molar-refractivity contribution < 1.29 is 13.2 Å². The Bertz CT molecular complexity index is 1040. The Morgan fingerprint density at radius 2 is 1.60 bits per heavy atom. The zero-order chi connectivity index (χ0) is 23.0. The van der Waals surface area contributed by atoms with Crippen molar-refractivity contribution in [2.45, 2.75) is 52.9 Å². The smallest absolute Gasteiger partial charge is 0.332 e. The van der Waals surface area contributed by atoms with Crippen molar-refractivity contribution in [2.75, 3.05) is 5.43 Å². The third kappa shape index (κ3) is 6.58. The van der Waals surface area contributed by atoms with Gasteiger partial charge in [0.25, 0.3) is 0 Å². The predicted molar refractivity (Wildman–Crippen MR) is 134 cm³/mol. The molecule has 0 aromatic heterocycles. The second-order valence-electron chi connectivity index (χ2n) is 8.97. The quantitative estimate of drug-likeness (QED) is 0.270. The lowest BCUT2D eigenvalue weighted by molar-refractivity contribution is 0.212. The molecule has 6 nitrogen and oxygen atoms in total. The van der Waals surface area contributed by atoms with E-state index in [2.05, 4.69) is 84.7 Å². The third-order valence-corrected chi connectivity index (χ3v) is 9.49. The van der Waals surface area contributed by atoms with Crippen LogP contribution in [0.25, 0.3) is 10.8 Å². The molecule has 0 bridgehead atoms. The minimum Gasteiger partial charge on any atom is -0.332 e. The first-order chi connectivity index (χ1) is 13.5. The van der Waals surface area contributed by atoms with Crippen molar-refractivity contribution in [2.24, 2.45) is 5.41 Å². The van der Waals surface area contributed by atoms with Gasteiger partial charge in [0.15, 0.2) is 0 Å². The highest BCUT2D eigenvalue weighted by molar-refractivity contribution is 9.42. The van der Waals surface area contributed by atoms with Gasteiger partial charge in [-0.25, -0.2) is 13.2 Å². The van der Waals surface area contributed by atoms with Crippen LogP contribution in [0.2, 0.25) is 0 Å². The van der Waals surface area contributed by atoms with Crippen molar-refractivity contribution in [3.05, 3.63) is 36.4 Å². The van der Waals surface area contributed by atoms with Gasteiger partial charge in [0.05, 0.1) is 10.6 Å². The molecule has 2 rings (SSSR count). The zero-order valence-corrected chi connectivity index (χ0v) is 23.0. The number of hydrogen-bond acceptors (Lipinski definition) is 4. The third-order valence-electron chi connectivity index (χ3n) is 4.19. The molecule has 2 aromatic rings. The molecular formula is C20H26Br3N3O3S. The van der Waals surface area contributed by atoms with Gasteiger partial charge in [-0.1, -0.05) is 45.0 Å². The fourth-order valence-electron chi connectivity index (χ4n) is 3.51. The molecular weight excluding hydrogens is 602 g/mol. The molecule has 0 radical (unpaired) electrons. The number of hydrazine groups is 1. The molecule has 0 atom stereocenters. The van der Waals surface area contributed by atoms with Crippen LogP contribution in [-0.4, -0.2) is 21.5 Å². The number of rotatable bonds is 5. The van der Waals surface area contributed by atoms with Crippen LogP contribution >= 0.6 is 47.8 Å². The number of anilines is 1. The van der Waals surface area contributed by atoms with Crippen LogP contribution in [0, 0.1) is 5.41 Å². The summed E-state index contributed by atoms with van der Waals surface area (Å²) in [6.07, 6.45) is 0.786. The molecule has 30 heavy (non-hydrogen) atoms. The van der Waals surface area contributed by atoms with E-state index in [1.165, 1.54) is 6.07 Å². The summed E-state index contributed by atoms with van der Waals surface area (Å²) >= 11 is 9.27. The SMILES string of the molecule is CC(C)(C)CC(C)(C)NC(=O)NNc1cc(S(=O)(=O)C(Br)(Br)Br)cc2ccccc12. The van der Waals surface area contributed by atoms with Gasteiger partial charge in [-0.3, -0.25) is 10.9 Å². The lowest BCUT2D eigenvalue weighted by Crippen LogP contribution is -2.51. The number of alkyl halides is 3. The predicted octanol–water partition coefficient (Wildman–Crippen LogP) is 6.25. The summed E-state index contributed by atoms with van der Waals surface area (Å²) in [5, 5.41) is 4.44. The van der Waals surface area contributed by atoms with Crippen molar-refractivity contribution in [1.82, 2.24) is 10.7 Å². The van der Waals surface area contributed by atoms with Gasteiger partial charge < -0.3 is 5.32 Å². The highest BCUT2D eigenvalue weighted by Crippen LogP contribution is 2.44. The van der Waals surface area contributed by atoms with E-state index in [1.807, 2.05) is 38.1 Å². The first kappa shape index (κ1) is 25.4. The van der Waals surface area contributed by atoms with E-state index in [9.17, 15) is 13.2 Å². The fraction of sp³-hybridized carbons (Fsp3) is 0.450. The molecule has 10 heteroatoms. The van der Waals surface area contributed by atoms with Crippen molar-refractivity contribution >= 4 is 80.1 Å². The number of carbonyl (C=O) groups is 1. The first-order valence-corrected chi connectivity index (χ1v) is 13.1. The number of carbonyl (C=O) groups excluding carboxylic acids is 1.